The van der Waals surface area contributed by atoms with Crippen molar-refractivity contribution >= 4 is 22.6 Å². The van der Waals surface area contributed by atoms with Crippen LogP contribution in [0.15, 0.2) is 36.4 Å². The predicted octanol–water partition coefficient (Wildman–Crippen LogP) is 2.92. The molecule has 0 fully saturated rings. The Balaban J connectivity index is 2.06. The summed E-state index contributed by atoms with van der Waals surface area (Å²) in [5, 5.41) is 4.68. The van der Waals surface area contributed by atoms with Gasteiger partial charge in [0, 0.05) is 6.54 Å². The number of benzene rings is 2. The molecule has 0 unspecified atom stereocenters. The molecule has 0 spiro atoms. The third kappa shape index (κ3) is 4.45. The SMILES string of the molecule is COc1cc2ccccc2cc1C(=O)NCCC(=O)OC(C)C. The summed E-state index contributed by atoms with van der Waals surface area (Å²) in [4.78, 5) is 23.8. The molecule has 23 heavy (non-hydrogen) atoms. The maximum Gasteiger partial charge on any atom is 0.307 e. The van der Waals surface area contributed by atoms with E-state index in [-0.39, 0.29) is 30.9 Å². The van der Waals surface area contributed by atoms with Crippen molar-refractivity contribution in [2.45, 2.75) is 26.4 Å². The summed E-state index contributed by atoms with van der Waals surface area (Å²) >= 11 is 0. The first-order valence-corrected chi connectivity index (χ1v) is 7.55. The number of amides is 1. The number of ether oxygens (including phenoxy) is 2. The van der Waals surface area contributed by atoms with Crippen LogP contribution in [-0.4, -0.2) is 31.6 Å². The number of esters is 1. The number of hydrogen-bond donors (Lipinski definition) is 1. The number of fused-ring (bicyclic) bond motifs is 1. The molecule has 1 N–H and O–H groups in total. The second-order valence-electron chi connectivity index (χ2n) is 5.44. The van der Waals surface area contributed by atoms with E-state index in [4.69, 9.17) is 9.47 Å². The van der Waals surface area contributed by atoms with Crippen molar-refractivity contribution < 1.29 is 19.1 Å². The molecule has 1 amide bonds. The monoisotopic (exact) mass is 315 g/mol. The molecule has 5 nitrogen and oxygen atoms in total. The highest BCUT2D eigenvalue weighted by Gasteiger charge is 2.14. The van der Waals surface area contributed by atoms with Gasteiger partial charge in [0.1, 0.15) is 5.75 Å². The molecule has 5 heteroatoms. The number of carbonyl (C=O) groups is 2. The van der Waals surface area contributed by atoms with Crippen LogP contribution in [0, 0.1) is 0 Å². The Morgan fingerprint density at radius 1 is 1.13 bits per heavy atom. The summed E-state index contributed by atoms with van der Waals surface area (Å²) in [6.07, 6.45) is -0.0152. The third-order valence-electron chi connectivity index (χ3n) is 3.29. The molecule has 122 valence electrons. The van der Waals surface area contributed by atoms with Crippen molar-refractivity contribution in [3.05, 3.63) is 42.0 Å². The van der Waals surface area contributed by atoms with Gasteiger partial charge in [-0.3, -0.25) is 9.59 Å². The molecule has 2 rings (SSSR count). The van der Waals surface area contributed by atoms with E-state index >= 15 is 0 Å². The first kappa shape index (κ1) is 16.8. The Morgan fingerprint density at radius 3 is 2.39 bits per heavy atom. The van der Waals surface area contributed by atoms with Gasteiger partial charge in [-0.25, -0.2) is 0 Å². The Morgan fingerprint density at radius 2 is 1.78 bits per heavy atom. The lowest BCUT2D eigenvalue weighted by molar-refractivity contribution is -0.147. The highest BCUT2D eigenvalue weighted by Crippen LogP contribution is 2.25. The molecule has 0 aliphatic carbocycles. The summed E-state index contributed by atoms with van der Waals surface area (Å²) in [5.74, 6) is -0.0957. The average Bonchev–Trinajstić information content (AvgIpc) is 2.52. The van der Waals surface area contributed by atoms with Gasteiger partial charge in [0.25, 0.3) is 5.91 Å². The van der Waals surface area contributed by atoms with Crippen molar-refractivity contribution in [1.29, 1.82) is 0 Å². The summed E-state index contributed by atoms with van der Waals surface area (Å²) in [6, 6.07) is 11.4. The van der Waals surface area contributed by atoms with E-state index in [9.17, 15) is 9.59 Å². The van der Waals surface area contributed by atoms with Crippen LogP contribution in [0.2, 0.25) is 0 Å². The second kappa shape index (κ2) is 7.63. The summed E-state index contributed by atoms with van der Waals surface area (Å²) in [7, 11) is 1.53. The molecule has 2 aromatic rings. The number of carbonyl (C=O) groups excluding carboxylic acids is 2. The molecule has 0 aliphatic rings. The molecular weight excluding hydrogens is 294 g/mol. The minimum Gasteiger partial charge on any atom is -0.496 e. The van der Waals surface area contributed by atoms with Crippen LogP contribution in [0.25, 0.3) is 10.8 Å². The van der Waals surface area contributed by atoms with Crippen LogP contribution >= 0.6 is 0 Å². The van der Waals surface area contributed by atoms with Gasteiger partial charge < -0.3 is 14.8 Å². The molecule has 0 bridgehead atoms. The van der Waals surface area contributed by atoms with Crippen LogP contribution in [0.5, 0.6) is 5.75 Å². The van der Waals surface area contributed by atoms with Crippen LogP contribution in [-0.2, 0) is 9.53 Å². The molecule has 0 atom stereocenters. The van der Waals surface area contributed by atoms with Gasteiger partial charge in [-0.2, -0.15) is 0 Å². The van der Waals surface area contributed by atoms with E-state index in [1.165, 1.54) is 7.11 Å². The zero-order valence-electron chi connectivity index (χ0n) is 13.6. The van der Waals surface area contributed by atoms with Crippen molar-refractivity contribution in [3.63, 3.8) is 0 Å². The standard InChI is InChI=1S/C18H21NO4/c1-12(2)23-17(20)8-9-19-18(21)15-10-13-6-4-5-7-14(13)11-16(15)22-3/h4-7,10-12H,8-9H2,1-3H3,(H,19,21). The minimum atomic E-state index is -0.328. The highest BCUT2D eigenvalue weighted by molar-refractivity contribution is 6.01. The van der Waals surface area contributed by atoms with E-state index < -0.39 is 0 Å². The average molecular weight is 315 g/mol. The lowest BCUT2D eigenvalue weighted by Gasteiger charge is -2.11. The van der Waals surface area contributed by atoms with Gasteiger partial charge in [-0.15, -0.1) is 0 Å². The van der Waals surface area contributed by atoms with E-state index in [1.807, 2.05) is 30.3 Å². The van der Waals surface area contributed by atoms with Gasteiger partial charge in [0.15, 0.2) is 0 Å². The van der Waals surface area contributed by atoms with Gasteiger partial charge in [0.05, 0.1) is 25.2 Å². The fraction of sp³-hybridized carbons (Fsp3) is 0.333. The molecular formula is C18H21NO4. The second-order valence-corrected chi connectivity index (χ2v) is 5.44. The summed E-state index contributed by atoms with van der Waals surface area (Å²) < 4.78 is 10.3. The maximum atomic E-state index is 12.3. The summed E-state index contributed by atoms with van der Waals surface area (Å²) in [6.45, 7) is 3.80. The highest BCUT2D eigenvalue weighted by atomic mass is 16.5. The maximum absolute atomic E-state index is 12.3. The molecule has 0 aliphatic heterocycles. The quantitative estimate of drug-likeness (QED) is 0.833. The molecule has 0 radical (unpaired) electrons. The number of nitrogens with one attached hydrogen (secondary N) is 1. The van der Waals surface area contributed by atoms with Crippen molar-refractivity contribution in [1.82, 2.24) is 5.32 Å². The normalized spacial score (nSPS) is 10.6. The van der Waals surface area contributed by atoms with Crippen LogP contribution in [0.4, 0.5) is 0 Å². The van der Waals surface area contributed by atoms with Crippen molar-refractivity contribution in [3.8, 4) is 5.75 Å². The topological polar surface area (TPSA) is 64.6 Å². The lowest BCUT2D eigenvalue weighted by atomic mass is 10.1. The molecule has 0 saturated carbocycles. The molecule has 0 saturated heterocycles. The van der Waals surface area contributed by atoms with E-state index in [0.29, 0.717) is 11.3 Å². The van der Waals surface area contributed by atoms with Gasteiger partial charge in [-0.05, 0) is 36.8 Å². The fourth-order valence-electron chi connectivity index (χ4n) is 2.26. The van der Waals surface area contributed by atoms with Gasteiger partial charge >= 0.3 is 5.97 Å². The minimum absolute atomic E-state index is 0.139. The van der Waals surface area contributed by atoms with Crippen LogP contribution in [0.1, 0.15) is 30.6 Å². The van der Waals surface area contributed by atoms with E-state index in [1.54, 1.807) is 19.9 Å². The Bertz CT molecular complexity index is 709. The molecule has 0 heterocycles. The van der Waals surface area contributed by atoms with Gasteiger partial charge in [-0.1, -0.05) is 24.3 Å². The van der Waals surface area contributed by atoms with Gasteiger partial charge in [0.2, 0.25) is 0 Å². The summed E-state index contributed by atoms with van der Waals surface area (Å²) in [5.41, 5.74) is 0.448. The Kier molecular flexibility index (Phi) is 5.57. The van der Waals surface area contributed by atoms with Crippen LogP contribution in [0.3, 0.4) is 0 Å². The Hall–Kier alpha value is -2.56. The first-order valence-electron chi connectivity index (χ1n) is 7.55. The zero-order chi connectivity index (χ0) is 16.8. The van der Waals surface area contributed by atoms with Crippen molar-refractivity contribution in [2.75, 3.05) is 13.7 Å². The van der Waals surface area contributed by atoms with E-state index in [2.05, 4.69) is 5.32 Å². The van der Waals surface area contributed by atoms with E-state index in [0.717, 1.165) is 10.8 Å². The largest absolute Gasteiger partial charge is 0.496 e. The smallest absolute Gasteiger partial charge is 0.307 e. The number of rotatable bonds is 6. The predicted molar refractivity (Wildman–Crippen MR) is 88.7 cm³/mol. The third-order valence-corrected chi connectivity index (χ3v) is 3.29. The number of hydrogen-bond acceptors (Lipinski definition) is 4. The zero-order valence-corrected chi connectivity index (χ0v) is 13.6. The van der Waals surface area contributed by atoms with Crippen LogP contribution < -0.4 is 10.1 Å². The van der Waals surface area contributed by atoms with Crippen molar-refractivity contribution in [2.24, 2.45) is 0 Å². The fourth-order valence-corrected chi connectivity index (χ4v) is 2.26. The number of methoxy groups -OCH3 is 1. The molecule has 2 aromatic carbocycles. The first-order chi connectivity index (χ1) is 11.0. The Labute approximate surface area is 135 Å². The lowest BCUT2D eigenvalue weighted by Crippen LogP contribution is -2.27. The molecule has 0 aromatic heterocycles.